The Bertz CT molecular complexity index is 770. The lowest BCUT2D eigenvalue weighted by molar-refractivity contribution is -0.384. The summed E-state index contributed by atoms with van der Waals surface area (Å²) in [4.78, 5) is 23.0. The zero-order valence-electron chi connectivity index (χ0n) is 15.9. The summed E-state index contributed by atoms with van der Waals surface area (Å²) in [5, 5.41) is 18.8. The molecule has 1 amide bonds. The second kappa shape index (κ2) is 9.32. The number of nitro groups is 1. The summed E-state index contributed by atoms with van der Waals surface area (Å²) in [6, 6.07) is 7.80. The van der Waals surface area contributed by atoms with E-state index < -0.39 is 11.0 Å². The number of nitrogens with zero attached hydrogens (tertiary/aromatic N) is 5. The maximum atomic E-state index is 12.8. The number of carbonyl (C=O) groups excluding carboxylic acids is 1. The summed E-state index contributed by atoms with van der Waals surface area (Å²) in [6.45, 7) is 4.13. The third-order valence-corrected chi connectivity index (χ3v) is 4.87. The van der Waals surface area contributed by atoms with Gasteiger partial charge < -0.3 is 4.74 Å². The molecular weight excluding hydrogens is 362 g/mol. The molecule has 1 fully saturated rings. The van der Waals surface area contributed by atoms with Gasteiger partial charge in [0.25, 0.3) is 5.69 Å². The molecule has 0 bridgehead atoms. The highest BCUT2D eigenvalue weighted by molar-refractivity contribution is 5.70. The average molecular weight is 387 g/mol. The van der Waals surface area contributed by atoms with Crippen LogP contribution in [0.1, 0.15) is 38.6 Å². The van der Waals surface area contributed by atoms with Crippen molar-refractivity contribution >= 4 is 11.8 Å². The Morgan fingerprint density at radius 2 is 2.04 bits per heavy atom. The SMILES string of the molecule is CCCCN(C(=O)Oc1ccc([N+](=O)[O-])cc1)N1CCC(n2cccn2)CC1. The van der Waals surface area contributed by atoms with Crippen molar-refractivity contribution < 1.29 is 14.5 Å². The molecule has 0 spiro atoms. The molecule has 0 aliphatic carbocycles. The molecule has 150 valence electrons. The van der Waals surface area contributed by atoms with E-state index in [0.29, 0.717) is 18.3 Å². The third kappa shape index (κ3) is 4.86. The highest BCUT2D eigenvalue weighted by Gasteiger charge is 2.28. The Morgan fingerprint density at radius 1 is 1.32 bits per heavy atom. The molecule has 2 aromatic rings. The van der Waals surface area contributed by atoms with Crippen molar-refractivity contribution in [3.05, 3.63) is 52.8 Å². The van der Waals surface area contributed by atoms with Crippen molar-refractivity contribution in [1.82, 2.24) is 19.8 Å². The van der Waals surface area contributed by atoms with Gasteiger partial charge in [-0.1, -0.05) is 13.3 Å². The lowest BCUT2D eigenvalue weighted by atomic mass is 10.1. The summed E-state index contributed by atoms with van der Waals surface area (Å²) in [6.07, 6.45) is 6.92. The molecule has 3 rings (SSSR count). The first-order chi connectivity index (χ1) is 13.6. The predicted octanol–water partition coefficient (Wildman–Crippen LogP) is 3.64. The van der Waals surface area contributed by atoms with Crippen LogP contribution in [-0.2, 0) is 0 Å². The lowest BCUT2D eigenvalue weighted by Crippen LogP contribution is -2.51. The first-order valence-electron chi connectivity index (χ1n) is 9.56. The van der Waals surface area contributed by atoms with E-state index in [0.717, 1.165) is 38.8 Å². The van der Waals surface area contributed by atoms with Crippen molar-refractivity contribution in [1.29, 1.82) is 0 Å². The predicted molar refractivity (Wildman–Crippen MR) is 103 cm³/mol. The third-order valence-electron chi connectivity index (χ3n) is 4.87. The number of rotatable bonds is 7. The molecule has 0 N–H and O–H groups in total. The number of hydrazine groups is 1. The van der Waals surface area contributed by atoms with Gasteiger partial charge in [-0.15, -0.1) is 0 Å². The topological polar surface area (TPSA) is 93.7 Å². The van der Waals surface area contributed by atoms with Gasteiger partial charge in [0.2, 0.25) is 0 Å². The van der Waals surface area contributed by atoms with Crippen LogP contribution in [0.25, 0.3) is 0 Å². The molecular formula is C19H25N5O4. The molecule has 2 heterocycles. The molecule has 9 nitrogen and oxygen atoms in total. The second-order valence-corrected chi connectivity index (χ2v) is 6.77. The van der Waals surface area contributed by atoms with E-state index in [9.17, 15) is 14.9 Å². The van der Waals surface area contributed by atoms with Crippen LogP contribution >= 0.6 is 0 Å². The quantitative estimate of drug-likeness (QED) is 0.532. The number of hydrogen-bond acceptors (Lipinski definition) is 6. The van der Waals surface area contributed by atoms with Gasteiger partial charge >= 0.3 is 6.09 Å². The molecule has 1 aromatic heterocycles. The van der Waals surface area contributed by atoms with E-state index in [4.69, 9.17) is 4.74 Å². The second-order valence-electron chi connectivity index (χ2n) is 6.77. The minimum Gasteiger partial charge on any atom is -0.409 e. The molecule has 0 unspecified atom stereocenters. The molecule has 1 aliphatic heterocycles. The number of amides is 1. The van der Waals surface area contributed by atoms with Crippen LogP contribution in [0.4, 0.5) is 10.5 Å². The van der Waals surface area contributed by atoms with Gasteiger partial charge in [0.05, 0.1) is 11.0 Å². The zero-order chi connectivity index (χ0) is 19.9. The molecule has 1 aromatic carbocycles. The Hall–Kier alpha value is -2.94. The molecule has 0 saturated carbocycles. The van der Waals surface area contributed by atoms with Crippen LogP contribution in [0.3, 0.4) is 0 Å². The van der Waals surface area contributed by atoms with Crippen LogP contribution in [0.2, 0.25) is 0 Å². The standard InChI is InChI=1S/C19H25N5O4/c1-2-3-13-23(19(25)28-18-7-5-17(6-8-18)24(26)27)21-14-9-16(10-15-21)22-12-4-11-20-22/h4-8,11-12,16H,2-3,9-10,13-15H2,1H3. The number of hydrogen-bond donors (Lipinski definition) is 0. The van der Waals surface area contributed by atoms with E-state index in [1.807, 2.05) is 22.0 Å². The van der Waals surface area contributed by atoms with Crippen molar-refractivity contribution in [2.45, 2.75) is 38.6 Å². The van der Waals surface area contributed by atoms with Crippen molar-refractivity contribution in [2.75, 3.05) is 19.6 Å². The van der Waals surface area contributed by atoms with Crippen LogP contribution in [-0.4, -0.2) is 50.4 Å². The zero-order valence-corrected chi connectivity index (χ0v) is 15.9. The fourth-order valence-corrected chi connectivity index (χ4v) is 3.30. The normalized spacial score (nSPS) is 15.3. The summed E-state index contributed by atoms with van der Waals surface area (Å²) in [5.41, 5.74) is -0.0386. The number of nitro benzene ring substituents is 1. The minimum atomic E-state index is -0.483. The minimum absolute atomic E-state index is 0.0386. The number of unbranched alkanes of at least 4 members (excludes halogenated alkanes) is 1. The van der Waals surface area contributed by atoms with Gasteiger partial charge in [0.15, 0.2) is 0 Å². The van der Waals surface area contributed by atoms with E-state index in [-0.39, 0.29) is 5.69 Å². The summed E-state index contributed by atoms with van der Waals surface area (Å²) >= 11 is 0. The van der Waals surface area contributed by atoms with Gasteiger partial charge in [0, 0.05) is 44.2 Å². The number of piperidine rings is 1. The number of non-ortho nitro benzene ring substituents is 1. The maximum absolute atomic E-state index is 12.8. The number of carbonyl (C=O) groups is 1. The number of aromatic nitrogens is 2. The monoisotopic (exact) mass is 387 g/mol. The molecule has 1 aliphatic rings. The largest absolute Gasteiger partial charge is 0.429 e. The highest BCUT2D eigenvalue weighted by atomic mass is 16.6. The van der Waals surface area contributed by atoms with Gasteiger partial charge in [0.1, 0.15) is 5.75 Å². The lowest BCUT2D eigenvalue weighted by Gasteiger charge is -2.39. The fourth-order valence-electron chi connectivity index (χ4n) is 3.30. The molecule has 0 atom stereocenters. The number of ether oxygens (including phenoxy) is 1. The Balaban J connectivity index is 1.62. The van der Waals surface area contributed by atoms with Gasteiger partial charge in [-0.05, 0) is 37.5 Å². The van der Waals surface area contributed by atoms with Gasteiger partial charge in [-0.3, -0.25) is 14.8 Å². The Kier molecular flexibility index (Phi) is 6.59. The smallest absolute Gasteiger partial charge is 0.409 e. The summed E-state index contributed by atoms with van der Waals surface area (Å²) < 4.78 is 7.44. The number of benzene rings is 1. The van der Waals surface area contributed by atoms with Crippen LogP contribution < -0.4 is 4.74 Å². The van der Waals surface area contributed by atoms with Crippen LogP contribution in [0, 0.1) is 10.1 Å². The molecule has 0 radical (unpaired) electrons. The molecule has 28 heavy (non-hydrogen) atoms. The highest BCUT2D eigenvalue weighted by Crippen LogP contribution is 2.24. The van der Waals surface area contributed by atoms with Gasteiger partial charge in [-0.2, -0.15) is 5.10 Å². The first-order valence-corrected chi connectivity index (χ1v) is 9.56. The van der Waals surface area contributed by atoms with Crippen LogP contribution in [0.5, 0.6) is 5.75 Å². The Morgan fingerprint density at radius 3 is 2.61 bits per heavy atom. The average Bonchev–Trinajstić information content (AvgIpc) is 3.24. The van der Waals surface area contributed by atoms with E-state index in [1.54, 1.807) is 11.2 Å². The Labute approximate surface area is 163 Å². The molecule has 9 heteroatoms. The van der Waals surface area contributed by atoms with Crippen molar-refractivity contribution in [2.24, 2.45) is 0 Å². The van der Waals surface area contributed by atoms with E-state index >= 15 is 0 Å². The van der Waals surface area contributed by atoms with Crippen molar-refractivity contribution in [3.8, 4) is 5.75 Å². The molecule has 1 saturated heterocycles. The van der Waals surface area contributed by atoms with Gasteiger partial charge in [-0.25, -0.2) is 14.8 Å². The van der Waals surface area contributed by atoms with E-state index in [1.165, 1.54) is 24.3 Å². The van der Waals surface area contributed by atoms with Crippen LogP contribution in [0.15, 0.2) is 42.7 Å². The summed E-state index contributed by atoms with van der Waals surface area (Å²) in [5.74, 6) is 0.295. The van der Waals surface area contributed by atoms with E-state index in [2.05, 4.69) is 12.0 Å². The first kappa shape index (κ1) is 19.8. The van der Waals surface area contributed by atoms with Crippen molar-refractivity contribution in [3.63, 3.8) is 0 Å². The maximum Gasteiger partial charge on any atom is 0.429 e. The summed E-state index contributed by atoms with van der Waals surface area (Å²) in [7, 11) is 0. The fraction of sp³-hybridized carbons (Fsp3) is 0.474.